The molecule has 0 aliphatic carbocycles. The number of amides is 2. The molecule has 9 heteroatoms. The van der Waals surface area contributed by atoms with Crippen LogP contribution in [0.25, 0.3) is 0 Å². The zero-order valence-electron chi connectivity index (χ0n) is 17.0. The Bertz CT molecular complexity index is 805. The Hall–Kier alpha value is -2.91. The zero-order chi connectivity index (χ0) is 21.3. The molecule has 162 valence electrons. The summed E-state index contributed by atoms with van der Waals surface area (Å²) in [5.74, 6) is -0.901. The van der Waals surface area contributed by atoms with Gasteiger partial charge in [-0.3, -0.25) is 14.5 Å². The van der Waals surface area contributed by atoms with E-state index in [1.165, 1.54) is 19.2 Å². The highest BCUT2D eigenvalue weighted by atomic mass is 19.1. The van der Waals surface area contributed by atoms with Gasteiger partial charge in [-0.25, -0.2) is 4.39 Å². The molecule has 3 rings (SSSR count). The van der Waals surface area contributed by atoms with E-state index in [2.05, 4.69) is 20.4 Å². The summed E-state index contributed by atoms with van der Waals surface area (Å²) in [6.45, 7) is 3.85. The van der Waals surface area contributed by atoms with Gasteiger partial charge in [0.15, 0.2) is 0 Å². The van der Waals surface area contributed by atoms with E-state index in [4.69, 9.17) is 9.15 Å². The molecule has 1 aliphatic heterocycles. The van der Waals surface area contributed by atoms with E-state index in [9.17, 15) is 14.0 Å². The maximum Gasteiger partial charge on any atom is 0.309 e. The van der Waals surface area contributed by atoms with Gasteiger partial charge in [-0.15, -0.1) is 0 Å². The minimum atomic E-state index is -0.689. The molecular formula is C21H27FN4O4. The quantitative estimate of drug-likeness (QED) is 0.494. The SMILES string of the molecule is COCCNC(=O)C(=O)NC[C@@H](c1ccco1)N1CCN(c2ccc(F)cc2)CC1. The van der Waals surface area contributed by atoms with Crippen molar-refractivity contribution in [3.8, 4) is 0 Å². The summed E-state index contributed by atoms with van der Waals surface area (Å²) in [7, 11) is 1.52. The van der Waals surface area contributed by atoms with Crippen molar-refractivity contribution in [2.24, 2.45) is 0 Å². The minimum absolute atomic E-state index is 0.189. The number of hydrogen-bond donors (Lipinski definition) is 2. The van der Waals surface area contributed by atoms with Crippen molar-refractivity contribution in [3.63, 3.8) is 0 Å². The number of carbonyl (C=O) groups is 2. The fraction of sp³-hybridized carbons (Fsp3) is 0.429. The van der Waals surface area contributed by atoms with Crippen molar-refractivity contribution in [1.82, 2.24) is 15.5 Å². The van der Waals surface area contributed by atoms with Crippen LogP contribution < -0.4 is 15.5 Å². The molecule has 0 bridgehead atoms. The van der Waals surface area contributed by atoms with E-state index < -0.39 is 11.8 Å². The molecule has 30 heavy (non-hydrogen) atoms. The van der Waals surface area contributed by atoms with Crippen LogP contribution in [-0.4, -0.2) is 69.7 Å². The van der Waals surface area contributed by atoms with Crippen molar-refractivity contribution >= 4 is 17.5 Å². The van der Waals surface area contributed by atoms with Crippen molar-refractivity contribution in [2.75, 3.05) is 57.9 Å². The third-order valence-electron chi connectivity index (χ3n) is 5.07. The van der Waals surface area contributed by atoms with E-state index in [0.717, 1.165) is 37.6 Å². The standard InChI is InChI=1S/C21H27FN4O4/c1-29-14-8-23-20(27)21(28)24-15-18(19-3-2-13-30-19)26-11-9-25(10-12-26)17-6-4-16(22)5-7-17/h2-7,13,18H,8-12,14-15H2,1H3,(H,23,27)(H,24,28)/t18-/m0/s1. The number of methoxy groups -OCH3 is 1. The minimum Gasteiger partial charge on any atom is -0.468 e. The number of anilines is 1. The Morgan fingerprint density at radius 3 is 2.43 bits per heavy atom. The molecule has 1 saturated heterocycles. The number of ether oxygens (including phenoxy) is 1. The third kappa shape index (κ3) is 5.80. The Morgan fingerprint density at radius 2 is 1.80 bits per heavy atom. The van der Waals surface area contributed by atoms with Crippen LogP contribution in [0.4, 0.5) is 10.1 Å². The Kier molecular flexibility index (Phi) is 7.81. The van der Waals surface area contributed by atoms with Gasteiger partial charge < -0.3 is 24.7 Å². The maximum atomic E-state index is 13.2. The molecule has 0 saturated carbocycles. The normalized spacial score (nSPS) is 15.6. The van der Waals surface area contributed by atoms with Gasteiger partial charge >= 0.3 is 11.8 Å². The molecule has 1 atom stereocenters. The van der Waals surface area contributed by atoms with Crippen LogP contribution in [0, 0.1) is 5.82 Å². The number of hydrogen-bond acceptors (Lipinski definition) is 6. The highest BCUT2D eigenvalue weighted by Crippen LogP contribution is 2.24. The van der Waals surface area contributed by atoms with E-state index >= 15 is 0 Å². The molecule has 2 heterocycles. The molecule has 1 aromatic heterocycles. The molecule has 1 aromatic carbocycles. The fourth-order valence-electron chi connectivity index (χ4n) is 3.45. The summed E-state index contributed by atoms with van der Waals surface area (Å²) in [6.07, 6.45) is 1.59. The second-order valence-electron chi connectivity index (χ2n) is 6.99. The van der Waals surface area contributed by atoms with Gasteiger partial charge in [0.1, 0.15) is 11.6 Å². The van der Waals surface area contributed by atoms with Crippen molar-refractivity contribution in [3.05, 3.63) is 54.2 Å². The molecule has 0 spiro atoms. The van der Waals surface area contributed by atoms with Gasteiger partial charge in [0, 0.05) is 52.1 Å². The molecule has 0 radical (unpaired) electrons. The first-order chi connectivity index (χ1) is 14.6. The molecule has 1 fully saturated rings. The average molecular weight is 418 g/mol. The molecule has 0 unspecified atom stereocenters. The predicted molar refractivity (Wildman–Crippen MR) is 110 cm³/mol. The van der Waals surface area contributed by atoms with Crippen LogP contribution in [0.1, 0.15) is 11.8 Å². The molecular weight excluding hydrogens is 391 g/mol. The van der Waals surface area contributed by atoms with Gasteiger partial charge in [0.05, 0.1) is 18.9 Å². The van der Waals surface area contributed by atoms with Crippen molar-refractivity contribution in [2.45, 2.75) is 6.04 Å². The monoisotopic (exact) mass is 418 g/mol. The molecule has 2 amide bonds. The van der Waals surface area contributed by atoms with E-state index in [1.807, 2.05) is 6.07 Å². The van der Waals surface area contributed by atoms with E-state index in [-0.39, 0.29) is 24.9 Å². The Morgan fingerprint density at radius 1 is 1.10 bits per heavy atom. The summed E-state index contributed by atoms with van der Waals surface area (Å²) in [5.41, 5.74) is 0.978. The first kappa shape index (κ1) is 21.8. The number of furan rings is 1. The van der Waals surface area contributed by atoms with Crippen LogP contribution in [0.2, 0.25) is 0 Å². The smallest absolute Gasteiger partial charge is 0.309 e. The fourth-order valence-corrected chi connectivity index (χ4v) is 3.45. The van der Waals surface area contributed by atoms with Crippen molar-refractivity contribution in [1.29, 1.82) is 0 Å². The van der Waals surface area contributed by atoms with Crippen molar-refractivity contribution < 1.29 is 23.1 Å². The van der Waals surface area contributed by atoms with Gasteiger partial charge in [0.25, 0.3) is 0 Å². The predicted octanol–water partition coefficient (Wildman–Crippen LogP) is 1.16. The summed E-state index contributed by atoms with van der Waals surface area (Å²) in [4.78, 5) is 28.4. The summed E-state index contributed by atoms with van der Waals surface area (Å²) in [5, 5.41) is 5.20. The summed E-state index contributed by atoms with van der Waals surface area (Å²) in [6, 6.07) is 9.94. The first-order valence-corrected chi connectivity index (χ1v) is 9.91. The lowest BCUT2D eigenvalue weighted by atomic mass is 10.1. The van der Waals surface area contributed by atoms with E-state index in [0.29, 0.717) is 6.61 Å². The van der Waals surface area contributed by atoms with Gasteiger partial charge in [-0.1, -0.05) is 0 Å². The van der Waals surface area contributed by atoms with Gasteiger partial charge in [0.2, 0.25) is 0 Å². The summed E-state index contributed by atoms with van der Waals surface area (Å²) < 4.78 is 23.6. The number of halogens is 1. The summed E-state index contributed by atoms with van der Waals surface area (Å²) >= 11 is 0. The van der Waals surface area contributed by atoms with Gasteiger partial charge in [-0.05, 0) is 36.4 Å². The topological polar surface area (TPSA) is 87.0 Å². The second-order valence-corrected chi connectivity index (χ2v) is 6.99. The number of carbonyl (C=O) groups excluding carboxylic acids is 2. The first-order valence-electron chi connectivity index (χ1n) is 9.91. The highest BCUT2D eigenvalue weighted by Gasteiger charge is 2.28. The number of nitrogens with one attached hydrogen (secondary N) is 2. The average Bonchev–Trinajstić information content (AvgIpc) is 3.29. The lowest BCUT2D eigenvalue weighted by Crippen LogP contribution is -2.51. The molecule has 1 aliphatic rings. The Balaban J connectivity index is 1.56. The number of piperazine rings is 1. The van der Waals surface area contributed by atoms with Crippen LogP contribution in [0.5, 0.6) is 0 Å². The highest BCUT2D eigenvalue weighted by molar-refractivity contribution is 6.35. The van der Waals surface area contributed by atoms with E-state index in [1.54, 1.807) is 24.5 Å². The van der Waals surface area contributed by atoms with Crippen LogP contribution in [0.15, 0.2) is 47.1 Å². The number of nitrogens with zero attached hydrogens (tertiary/aromatic N) is 2. The lowest BCUT2D eigenvalue weighted by molar-refractivity contribution is -0.139. The lowest BCUT2D eigenvalue weighted by Gasteiger charge is -2.39. The Labute approximate surface area is 175 Å². The van der Waals surface area contributed by atoms with Crippen LogP contribution >= 0.6 is 0 Å². The molecule has 8 nitrogen and oxygen atoms in total. The number of rotatable bonds is 8. The van der Waals surface area contributed by atoms with Gasteiger partial charge in [-0.2, -0.15) is 0 Å². The largest absolute Gasteiger partial charge is 0.468 e. The third-order valence-corrected chi connectivity index (χ3v) is 5.07. The maximum absolute atomic E-state index is 13.2. The second kappa shape index (κ2) is 10.7. The molecule has 2 N–H and O–H groups in total. The van der Waals surface area contributed by atoms with Crippen LogP contribution in [-0.2, 0) is 14.3 Å². The zero-order valence-corrected chi connectivity index (χ0v) is 17.0. The number of benzene rings is 1. The van der Waals surface area contributed by atoms with Crippen LogP contribution in [0.3, 0.4) is 0 Å². The molecule has 2 aromatic rings.